The quantitative estimate of drug-likeness (QED) is 0.883. The average molecular weight is 294 g/mol. The molecule has 0 bridgehead atoms. The van der Waals surface area contributed by atoms with Crippen LogP contribution in [0.4, 0.5) is 5.82 Å². The van der Waals surface area contributed by atoms with E-state index in [-0.39, 0.29) is 0 Å². The Kier molecular flexibility index (Phi) is 5.15. The summed E-state index contributed by atoms with van der Waals surface area (Å²) in [6.45, 7) is 2.88. The molecule has 5 nitrogen and oxygen atoms in total. The largest absolute Gasteiger partial charge is 0.439 e. The number of ether oxygens (including phenoxy) is 2. The molecule has 0 spiro atoms. The van der Waals surface area contributed by atoms with Crippen molar-refractivity contribution in [3.05, 3.63) is 41.2 Å². The fourth-order valence-corrected chi connectivity index (χ4v) is 1.74. The minimum Gasteiger partial charge on any atom is -0.439 e. The molecule has 0 aliphatic heterocycles. The number of hydrogen-bond donors (Lipinski definition) is 1. The third kappa shape index (κ3) is 4.08. The van der Waals surface area contributed by atoms with E-state index in [1.54, 1.807) is 25.2 Å². The molecule has 0 aliphatic rings. The second kappa shape index (κ2) is 7.07. The van der Waals surface area contributed by atoms with Crippen molar-refractivity contribution in [2.45, 2.75) is 13.5 Å². The maximum absolute atomic E-state index is 5.92. The van der Waals surface area contributed by atoms with Crippen molar-refractivity contribution in [1.29, 1.82) is 0 Å². The Morgan fingerprint density at radius 3 is 2.80 bits per heavy atom. The fourth-order valence-electron chi connectivity index (χ4n) is 1.56. The van der Waals surface area contributed by atoms with E-state index in [4.69, 9.17) is 21.1 Å². The summed E-state index contributed by atoms with van der Waals surface area (Å²) in [5.74, 6) is 2.31. The first-order valence-electron chi connectivity index (χ1n) is 6.28. The number of aromatic nitrogens is 2. The number of rotatable bonds is 6. The average Bonchev–Trinajstić information content (AvgIpc) is 2.45. The summed E-state index contributed by atoms with van der Waals surface area (Å²) in [6, 6.07) is 8.86. The second-order valence-corrected chi connectivity index (χ2v) is 4.39. The summed E-state index contributed by atoms with van der Waals surface area (Å²) < 4.78 is 11.0. The number of anilines is 1. The van der Waals surface area contributed by atoms with Crippen molar-refractivity contribution in [1.82, 2.24) is 9.97 Å². The first-order chi connectivity index (χ1) is 9.71. The Hall–Kier alpha value is -1.85. The van der Waals surface area contributed by atoms with Crippen molar-refractivity contribution >= 4 is 17.4 Å². The van der Waals surface area contributed by atoms with Crippen molar-refractivity contribution in [3.8, 4) is 11.6 Å². The Bertz CT molecular complexity index is 578. The molecule has 0 unspecified atom stereocenters. The van der Waals surface area contributed by atoms with Crippen LogP contribution in [0, 0.1) is 0 Å². The summed E-state index contributed by atoms with van der Waals surface area (Å²) in [6.07, 6.45) is 0. The molecule has 20 heavy (non-hydrogen) atoms. The molecule has 1 aromatic heterocycles. The van der Waals surface area contributed by atoms with Crippen LogP contribution in [0.5, 0.6) is 11.6 Å². The van der Waals surface area contributed by atoms with Crippen LogP contribution < -0.4 is 10.1 Å². The molecule has 0 saturated carbocycles. The lowest BCUT2D eigenvalue weighted by molar-refractivity contribution is 0.128. The van der Waals surface area contributed by atoms with E-state index in [0.29, 0.717) is 41.5 Å². The zero-order valence-electron chi connectivity index (χ0n) is 11.4. The Morgan fingerprint density at radius 2 is 2.10 bits per heavy atom. The van der Waals surface area contributed by atoms with Gasteiger partial charge in [0, 0.05) is 24.7 Å². The molecular formula is C14H16ClN3O2. The van der Waals surface area contributed by atoms with Gasteiger partial charge in [0.05, 0.1) is 0 Å². The molecule has 106 valence electrons. The third-order valence-corrected chi connectivity index (χ3v) is 2.69. The van der Waals surface area contributed by atoms with Crippen LogP contribution in [0.15, 0.2) is 30.3 Å². The van der Waals surface area contributed by atoms with E-state index in [1.165, 1.54) is 0 Å². The predicted molar refractivity (Wildman–Crippen MR) is 78.4 cm³/mol. The van der Waals surface area contributed by atoms with E-state index in [9.17, 15) is 0 Å². The van der Waals surface area contributed by atoms with Gasteiger partial charge in [0.15, 0.2) is 5.82 Å². The first-order valence-corrected chi connectivity index (χ1v) is 6.66. The molecule has 2 rings (SSSR count). The lowest BCUT2D eigenvalue weighted by atomic mass is 10.3. The Balaban J connectivity index is 2.21. The van der Waals surface area contributed by atoms with Crippen molar-refractivity contribution < 1.29 is 9.47 Å². The van der Waals surface area contributed by atoms with Crippen molar-refractivity contribution in [3.63, 3.8) is 0 Å². The highest BCUT2D eigenvalue weighted by atomic mass is 35.5. The summed E-state index contributed by atoms with van der Waals surface area (Å²) >= 11 is 5.92. The maximum atomic E-state index is 5.92. The van der Waals surface area contributed by atoms with Gasteiger partial charge in [-0.15, -0.1) is 0 Å². The molecule has 0 radical (unpaired) electrons. The standard InChI is InChI=1S/C14H16ClN3O2/c1-3-19-9-13-17-12(16-2)8-14(18-13)20-11-6-4-5-10(15)7-11/h4-8H,3,9H2,1-2H3,(H,16,17,18). The lowest BCUT2D eigenvalue weighted by Crippen LogP contribution is -2.04. The molecule has 0 saturated heterocycles. The lowest BCUT2D eigenvalue weighted by Gasteiger charge is -2.09. The SMILES string of the molecule is CCOCc1nc(NC)cc(Oc2cccc(Cl)c2)n1. The van der Waals surface area contributed by atoms with Gasteiger partial charge in [0.2, 0.25) is 5.88 Å². The van der Waals surface area contributed by atoms with Gasteiger partial charge < -0.3 is 14.8 Å². The van der Waals surface area contributed by atoms with Gasteiger partial charge in [-0.3, -0.25) is 0 Å². The minimum absolute atomic E-state index is 0.345. The van der Waals surface area contributed by atoms with E-state index in [0.717, 1.165) is 0 Å². The minimum atomic E-state index is 0.345. The van der Waals surface area contributed by atoms with Crippen LogP contribution in [0.3, 0.4) is 0 Å². The highest BCUT2D eigenvalue weighted by Gasteiger charge is 2.06. The highest BCUT2D eigenvalue weighted by molar-refractivity contribution is 6.30. The van der Waals surface area contributed by atoms with E-state index < -0.39 is 0 Å². The van der Waals surface area contributed by atoms with Crippen molar-refractivity contribution in [2.24, 2.45) is 0 Å². The van der Waals surface area contributed by atoms with Crippen LogP contribution >= 0.6 is 11.6 Å². The Labute approximate surface area is 122 Å². The number of hydrogen-bond acceptors (Lipinski definition) is 5. The van der Waals surface area contributed by atoms with Crippen molar-refractivity contribution in [2.75, 3.05) is 19.0 Å². The number of nitrogens with zero attached hydrogens (tertiary/aromatic N) is 2. The summed E-state index contributed by atoms with van der Waals surface area (Å²) in [7, 11) is 1.79. The van der Waals surface area contributed by atoms with Gasteiger partial charge in [-0.1, -0.05) is 17.7 Å². The molecule has 0 atom stereocenters. The van der Waals surface area contributed by atoms with Crippen LogP contribution in [0.2, 0.25) is 5.02 Å². The highest BCUT2D eigenvalue weighted by Crippen LogP contribution is 2.24. The third-order valence-electron chi connectivity index (χ3n) is 2.46. The van der Waals surface area contributed by atoms with Crippen LogP contribution in [-0.2, 0) is 11.3 Å². The van der Waals surface area contributed by atoms with E-state index in [1.807, 2.05) is 19.1 Å². The molecule has 1 heterocycles. The van der Waals surface area contributed by atoms with E-state index in [2.05, 4.69) is 15.3 Å². The molecule has 1 N–H and O–H groups in total. The van der Waals surface area contributed by atoms with Gasteiger partial charge in [-0.05, 0) is 25.1 Å². The molecule has 2 aromatic rings. The van der Waals surface area contributed by atoms with Crippen LogP contribution in [0.1, 0.15) is 12.7 Å². The molecule has 0 aliphatic carbocycles. The van der Waals surface area contributed by atoms with Gasteiger partial charge in [-0.25, -0.2) is 4.98 Å². The smallest absolute Gasteiger partial charge is 0.224 e. The molecular weight excluding hydrogens is 278 g/mol. The van der Waals surface area contributed by atoms with Crippen LogP contribution in [0.25, 0.3) is 0 Å². The number of nitrogens with one attached hydrogen (secondary N) is 1. The maximum Gasteiger partial charge on any atom is 0.224 e. The molecule has 0 fully saturated rings. The van der Waals surface area contributed by atoms with Gasteiger partial charge in [0.1, 0.15) is 18.2 Å². The second-order valence-electron chi connectivity index (χ2n) is 3.95. The summed E-state index contributed by atoms with van der Waals surface area (Å²) in [5.41, 5.74) is 0. The zero-order valence-corrected chi connectivity index (χ0v) is 12.1. The van der Waals surface area contributed by atoms with Crippen LogP contribution in [-0.4, -0.2) is 23.6 Å². The van der Waals surface area contributed by atoms with E-state index >= 15 is 0 Å². The zero-order chi connectivity index (χ0) is 14.4. The fraction of sp³-hybridized carbons (Fsp3) is 0.286. The number of benzene rings is 1. The Morgan fingerprint density at radius 1 is 1.25 bits per heavy atom. The summed E-state index contributed by atoms with van der Waals surface area (Å²) in [4.78, 5) is 8.60. The van der Waals surface area contributed by atoms with Gasteiger partial charge in [0.25, 0.3) is 0 Å². The summed E-state index contributed by atoms with van der Waals surface area (Å²) in [5, 5.41) is 3.58. The monoisotopic (exact) mass is 293 g/mol. The van der Waals surface area contributed by atoms with Gasteiger partial charge >= 0.3 is 0 Å². The first kappa shape index (κ1) is 14.6. The van der Waals surface area contributed by atoms with Gasteiger partial charge in [-0.2, -0.15) is 4.98 Å². The molecule has 0 amide bonds. The molecule has 1 aromatic carbocycles. The normalized spacial score (nSPS) is 10.3. The molecule has 6 heteroatoms. The number of halogens is 1. The predicted octanol–water partition coefficient (Wildman–Crippen LogP) is 3.50. The topological polar surface area (TPSA) is 56.3 Å².